The molecule has 110 valence electrons. The maximum Gasteiger partial charge on any atom is 0.288 e. The molecule has 1 amide bonds. The SMILES string of the molecule is CCOCCN(CC)C(=O)c1ccc(Cl)c([N+](=O)[O-])c1. The number of benzene rings is 1. The van der Waals surface area contributed by atoms with Gasteiger partial charge < -0.3 is 9.64 Å². The maximum atomic E-state index is 12.3. The zero-order chi connectivity index (χ0) is 15.1. The Hall–Kier alpha value is -1.66. The molecule has 6 nitrogen and oxygen atoms in total. The van der Waals surface area contributed by atoms with Crippen LogP contribution in [0.15, 0.2) is 18.2 Å². The highest BCUT2D eigenvalue weighted by atomic mass is 35.5. The molecule has 0 aliphatic heterocycles. The molecule has 0 saturated carbocycles. The van der Waals surface area contributed by atoms with Crippen molar-refractivity contribution in [2.75, 3.05) is 26.3 Å². The molecule has 1 rings (SSSR count). The van der Waals surface area contributed by atoms with Gasteiger partial charge in [-0.2, -0.15) is 0 Å². The van der Waals surface area contributed by atoms with Crippen LogP contribution in [-0.4, -0.2) is 42.0 Å². The van der Waals surface area contributed by atoms with Crippen LogP contribution in [0.25, 0.3) is 0 Å². The minimum Gasteiger partial charge on any atom is -0.380 e. The molecule has 1 aromatic carbocycles. The molecule has 1 aromatic rings. The van der Waals surface area contributed by atoms with Gasteiger partial charge in [0.2, 0.25) is 0 Å². The number of nitrogens with zero attached hydrogens (tertiary/aromatic N) is 2. The number of rotatable bonds is 7. The predicted molar refractivity (Wildman–Crippen MR) is 76.2 cm³/mol. The van der Waals surface area contributed by atoms with Crippen molar-refractivity contribution in [3.8, 4) is 0 Å². The van der Waals surface area contributed by atoms with Gasteiger partial charge in [0.05, 0.1) is 11.5 Å². The lowest BCUT2D eigenvalue weighted by atomic mass is 10.1. The van der Waals surface area contributed by atoms with E-state index in [2.05, 4.69) is 0 Å². The van der Waals surface area contributed by atoms with Crippen LogP contribution >= 0.6 is 11.6 Å². The van der Waals surface area contributed by atoms with E-state index in [1.165, 1.54) is 18.2 Å². The van der Waals surface area contributed by atoms with Gasteiger partial charge in [0.1, 0.15) is 5.02 Å². The normalized spacial score (nSPS) is 10.3. The number of nitro groups is 1. The molecule has 7 heteroatoms. The van der Waals surface area contributed by atoms with Gasteiger partial charge in [-0.3, -0.25) is 14.9 Å². The molecule has 0 aliphatic rings. The smallest absolute Gasteiger partial charge is 0.288 e. The Morgan fingerprint density at radius 2 is 2.15 bits per heavy atom. The molecule has 0 radical (unpaired) electrons. The third-order valence-electron chi connectivity index (χ3n) is 2.77. The number of nitro benzene ring substituents is 1. The third-order valence-corrected chi connectivity index (χ3v) is 3.09. The van der Waals surface area contributed by atoms with Gasteiger partial charge >= 0.3 is 0 Å². The molecule has 0 aliphatic carbocycles. The van der Waals surface area contributed by atoms with E-state index >= 15 is 0 Å². The number of halogens is 1. The predicted octanol–water partition coefficient (Wildman–Crippen LogP) is 2.75. The average Bonchev–Trinajstić information content (AvgIpc) is 2.43. The Labute approximate surface area is 122 Å². The molecule has 20 heavy (non-hydrogen) atoms. The summed E-state index contributed by atoms with van der Waals surface area (Å²) in [5.41, 5.74) is -0.0159. The van der Waals surface area contributed by atoms with E-state index in [0.717, 1.165) is 0 Å². The maximum absolute atomic E-state index is 12.3. The quantitative estimate of drug-likeness (QED) is 0.441. The number of hydrogen-bond donors (Lipinski definition) is 0. The van der Waals surface area contributed by atoms with Gasteiger partial charge in [-0.15, -0.1) is 0 Å². The van der Waals surface area contributed by atoms with Crippen LogP contribution in [0.4, 0.5) is 5.69 Å². The molecule has 0 atom stereocenters. The van der Waals surface area contributed by atoms with Crippen LogP contribution < -0.4 is 0 Å². The van der Waals surface area contributed by atoms with Crippen molar-refractivity contribution in [3.05, 3.63) is 38.9 Å². The standard InChI is InChI=1S/C13H17ClN2O4/c1-3-15(7-8-20-4-2)13(17)10-5-6-11(14)12(9-10)16(18)19/h5-6,9H,3-4,7-8H2,1-2H3. The number of carbonyl (C=O) groups excluding carboxylic acids is 1. The fourth-order valence-electron chi connectivity index (χ4n) is 1.69. The van der Waals surface area contributed by atoms with E-state index in [9.17, 15) is 14.9 Å². The van der Waals surface area contributed by atoms with Crippen molar-refractivity contribution in [2.45, 2.75) is 13.8 Å². The van der Waals surface area contributed by atoms with E-state index < -0.39 is 4.92 Å². The molecule has 0 heterocycles. The number of likely N-dealkylation sites (N-methyl/N-ethyl adjacent to an activating group) is 1. The monoisotopic (exact) mass is 300 g/mol. The van der Waals surface area contributed by atoms with Crippen LogP contribution in [0, 0.1) is 10.1 Å². The topological polar surface area (TPSA) is 72.7 Å². The first-order valence-corrected chi connectivity index (χ1v) is 6.70. The van der Waals surface area contributed by atoms with Crippen molar-refractivity contribution in [1.82, 2.24) is 4.90 Å². The number of carbonyl (C=O) groups is 1. The highest BCUT2D eigenvalue weighted by molar-refractivity contribution is 6.32. The van der Waals surface area contributed by atoms with E-state index in [0.29, 0.717) is 26.3 Å². The van der Waals surface area contributed by atoms with Crippen molar-refractivity contribution in [3.63, 3.8) is 0 Å². The largest absolute Gasteiger partial charge is 0.380 e. The highest BCUT2D eigenvalue weighted by Gasteiger charge is 2.19. The molecule has 0 aromatic heterocycles. The Kier molecular flexibility index (Phi) is 6.41. The second-order valence-electron chi connectivity index (χ2n) is 4.01. The lowest BCUT2D eigenvalue weighted by molar-refractivity contribution is -0.384. The van der Waals surface area contributed by atoms with Crippen molar-refractivity contribution >= 4 is 23.2 Å². The third kappa shape index (κ3) is 4.18. The zero-order valence-electron chi connectivity index (χ0n) is 11.5. The molecule has 0 fully saturated rings. The van der Waals surface area contributed by atoms with Crippen LogP contribution in [0.5, 0.6) is 0 Å². The van der Waals surface area contributed by atoms with Crippen LogP contribution in [-0.2, 0) is 4.74 Å². The van der Waals surface area contributed by atoms with Crippen molar-refractivity contribution in [2.24, 2.45) is 0 Å². The summed E-state index contributed by atoms with van der Waals surface area (Å²) in [5.74, 6) is -0.271. The lowest BCUT2D eigenvalue weighted by Crippen LogP contribution is -2.33. The number of ether oxygens (including phenoxy) is 1. The van der Waals surface area contributed by atoms with Gasteiger partial charge in [-0.05, 0) is 26.0 Å². The van der Waals surface area contributed by atoms with E-state index in [1.807, 2.05) is 13.8 Å². The fraction of sp³-hybridized carbons (Fsp3) is 0.462. The Balaban J connectivity index is 2.89. The van der Waals surface area contributed by atoms with Gasteiger partial charge in [-0.25, -0.2) is 0 Å². The first-order chi connectivity index (χ1) is 9.51. The summed E-state index contributed by atoms with van der Waals surface area (Å²) < 4.78 is 5.21. The minimum atomic E-state index is -0.602. The minimum absolute atomic E-state index is 0.0175. The van der Waals surface area contributed by atoms with E-state index in [-0.39, 0.29) is 22.2 Å². The molecule has 0 saturated heterocycles. The van der Waals surface area contributed by atoms with Crippen LogP contribution in [0.3, 0.4) is 0 Å². The van der Waals surface area contributed by atoms with Gasteiger partial charge in [0, 0.05) is 31.3 Å². The average molecular weight is 301 g/mol. The molecular weight excluding hydrogens is 284 g/mol. The number of hydrogen-bond acceptors (Lipinski definition) is 4. The second-order valence-corrected chi connectivity index (χ2v) is 4.41. The first-order valence-electron chi connectivity index (χ1n) is 6.32. The van der Waals surface area contributed by atoms with Gasteiger partial charge in [-0.1, -0.05) is 11.6 Å². The summed E-state index contributed by atoms with van der Waals surface area (Å²) in [4.78, 5) is 24.1. The Morgan fingerprint density at radius 1 is 1.45 bits per heavy atom. The molecule has 0 unspecified atom stereocenters. The zero-order valence-corrected chi connectivity index (χ0v) is 12.2. The summed E-state index contributed by atoms with van der Waals surface area (Å²) in [6.07, 6.45) is 0. The molecule has 0 spiro atoms. The van der Waals surface area contributed by atoms with Crippen LogP contribution in [0.2, 0.25) is 5.02 Å². The van der Waals surface area contributed by atoms with Crippen LogP contribution in [0.1, 0.15) is 24.2 Å². The van der Waals surface area contributed by atoms with E-state index in [1.54, 1.807) is 4.90 Å². The summed E-state index contributed by atoms with van der Waals surface area (Å²) >= 11 is 5.73. The molecule has 0 bridgehead atoms. The fourth-order valence-corrected chi connectivity index (χ4v) is 1.88. The highest BCUT2D eigenvalue weighted by Crippen LogP contribution is 2.25. The summed E-state index contributed by atoms with van der Waals surface area (Å²) in [6.45, 7) is 5.68. The summed E-state index contributed by atoms with van der Waals surface area (Å²) in [7, 11) is 0. The van der Waals surface area contributed by atoms with Crippen molar-refractivity contribution < 1.29 is 14.5 Å². The summed E-state index contributed by atoms with van der Waals surface area (Å²) in [5, 5.41) is 10.8. The Morgan fingerprint density at radius 3 is 2.70 bits per heavy atom. The van der Waals surface area contributed by atoms with E-state index in [4.69, 9.17) is 16.3 Å². The summed E-state index contributed by atoms with van der Waals surface area (Å²) in [6, 6.07) is 4.05. The Bertz CT molecular complexity index is 493. The molecule has 0 N–H and O–H groups in total. The van der Waals surface area contributed by atoms with Gasteiger partial charge in [0.15, 0.2) is 0 Å². The second kappa shape index (κ2) is 7.81. The molecular formula is C13H17ClN2O4. The first kappa shape index (κ1) is 16.4. The van der Waals surface area contributed by atoms with Gasteiger partial charge in [0.25, 0.3) is 11.6 Å². The number of amides is 1. The lowest BCUT2D eigenvalue weighted by Gasteiger charge is -2.20. The van der Waals surface area contributed by atoms with Crippen molar-refractivity contribution in [1.29, 1.82) is 0 Å².